The molecular weight excluding hydrogens is 438 g/mol. The van der Waals surface area contributed by atoms with E-state index in [1.807, 2.05) is 30.3 Å². The molecule has 1 aliphatic heterocycles. The maximum atomic E-state index is 14.7. The van der Waals surface area contributed by atoms with E-state index in [1.165, 1.54) is 36.4 Å². The van der Waals surface area contributed by atoms with E-state index in [-0.39, 0.29) is 30.6 Å². The van der Waals surface area contributed by atoms with Crippen molar-refractivity contribution >= 4 is 23.3 Å². The van der Waals surface area contributed by atoms with Crippen molar-refractivity contribution in [2.24, 2.45) is 5.41 Å². The van der Waals surface area contributed by atoms with Crippen LogP contribution in [0.5, 0.6) is 0 Å². The molecule has 0 unspecified atom stereocenters. The van der Waals surface area contributed by atoms with Gasteiger partial charge in [0.05, 0.1) is 16.8 Å². The van der Waals surface area contributed by atoms with Crippen LogP contribution in [0.3, 0.4) is 0 Å². The quantitative estimate of drug-likeness (QED) is 0.510. The molecule has 1 N–H and O–H groups in total. The zero-order valence-corrected chi connectivity index (χ0v) is 18.7. The molecule has 176 valence electrons. The Morgan fingerprint density at radius 2 is 1.32 bits per heavy atom. The highest BCUT2D eigenvalue weighted by molar-refractivity contribution is 6.02. The molecule has 1 aliphatic rings. The third-order valence-electron chi connectivity index (χ3n) is 6.44. The van der Waals surface area contributed by atoms with Crippen molar-refractivity contribution in [3.05, 3.63) is 96.1 Å². The van der Waals surface area contributed by atoms with Crippen LogP contribution in [-0.4, -0.2) is 35.0 Å². The summed E-state index contributed by atoms with van der Waals surface area (Å²) in [7, 11) is 0. The standard InChI is InChI=1S/C27H26F2N2O3/c28-21-10-4-6-12-23(21)31(24-13-7-5-11-22(24)29)25(32)18-27(26(33)34)14-16-30(17-15-27)19-20-8-2-1-3-9-20/h1-13H,14-19H2,(H,33,34). The molecule has 34 heavy (non-hydrogen) atoms. The number of likely N-dealkylation sites (tertiary alicyclic amines) is 1. The summed E-state index contributed by atoms with van der Waals surface area (Å²) in [5.41, 5.74) is -0.398. The van der Waals surface area contributed by atoms with Crippen LogP contribution in [0.4, 0.5) is 20.2 Å². The zero-order chi connectivity index (χ0) is 24.1. The number of carboxylic acid groups (broad SMARTS) is 1. The van der Waals surface area contributed by atoms with Gasteiger partial charge >= 0.3 is 5.97 Å². The first kappa shape index (κ1) is 23.6. The molecule has 0 spiro atoms. The topological polar surface area (TPSA) is 60.9 Å². The smallest absolute Gasteiger partial charge is 0.310 e. The normalized spacial score (nSPS) is 15.6. The summed E-state index contributed by atoms with van der Waals surface area (Å²) in [6, 6.07) is 21.1. The lowest BCUT2D eigenvalue weighted by Crippen LogP contribution is -2.47. The number of carboxylic acids is 1. The molecule has 0 radical (unpaired) electrons. The summed E-state index contributed by atoms with van der Waals surface area (Å²) in [6.45, 7) is 1.71. The Morgan fingerprint density at radius 3 is 1.82 bits per heavy atom. The lowest BCUT2D eigenvalue weighted by molar-refractivity contribution is -0.154. The Labute approximate surface area is 197 Å². The summed E-state index contributed by atoms with van der Waals surface area (Å²) in [5, 5.41) is 10.1. The van der Waals surface area contributed by atoms with Crippen LogP contribution < -0.4 is 4.90 Å². The molecule has 0 saturated carbocycles. The molecule has 1 fully saturated rings. The van der Waals surface area contributed by atoms with Gasteiger partial charge in [-0.05, 0) is 55.8 Å². The van der Waals surface area contributed by atoms with Gasteiger partial charge in [-0.3, -0.25) is 19.4 Å². The van der Waals surface area contributed by atoms with Crippen LogP contribution in [0.2, 0.25) is 0 Å². The fourth-order valence-corrected chi connectivity index (χ4v) is 4.48. The van der Waals surface area contributed by atoms with Gasteiger partial charge < -0.3 is 5.11 Å². The van der Waals surface area contributed by atoms with E-state index in [9.17, 15) is 23.5 Å². The van der Waals surface area contributed by atoms with Gasteiger partial charge in [0.1, 0.15) is 11.6 Å². The molecule has 0 atom stereocenters. The Morgan fingerprint density at radius 1 is 0.824 bits per heavy atom. The van der Waals surface area contributed by atoms with E-state index in [0.29, 0.717) is 19.6 Å². The summed E-state index contributed by atoms with van der Waals surface area (Å²) in [5.74, 6) is -3.11. The number of para-hydroxylation sites is 2. The average Bonchev–Trinajstić information content (AvgIpc) is 2.83. The number of nitrogens with zero attached hydrogens (tertiary/aromatic N) is 2. The van der Waals surface area contributed by atoms with Gasteiger partial charge in [0.25, 0.3) is 0 Å². The minimum absolute atomic E-state index is 0.111. The Kier molecular flexibility index (Phi) is 7.03. The SMILES string of the molecule is O=C(CC1(C(=O)O)CCN(Cc2ccccc2)CC1)N(c1ccccc1F)c1ccccc1F. The molecule has 7 heteroatoms. The van der Waals surface area contributed by atoms with Crippen molar-refractivity contribution in [3.63, 3.8) is 0 Å². The predicted octanol–water partition coefficient (Wildman–Crippen LogP) is 5.39. The van der Waals surface area contributed by atoms with Crippen LogP contribution in [0.15, 0.2) is 78.9 Å². The Hall–Kier alpha value is -3.58. The molecule has 1 amide bonds. The van der Waals surface area contributed by atoms with Gasteiger partial charge in [0.15, 0.2) is 0 Å². The third-order valence-corrected chi connectivity index (χ3v) is 6.44. The Balaban J connectivity index is 1.58. The molecule has 3 aromatic rings. The first-order valence-electron chi connectivity index (χ1n) is 11.2. The summed E-state index contributed by atoms with van der Waals surface area (Å²) in [4.78, 5) is 29.0. The third kappa shape index (κ3) is 4.99. The molecule has 1 saturated heterocycles. The van der Waals surface area contributed by atoms with Crippen LogP contribution in [0.25, 0.3) is 0 Å². The van der Waals surface area contributed by atoms with Gasteiger partial charge in [0.2, 0.25) is 5.91 Å². The molecule has 1 heterocycles. The molecule has 3 aromatic carbocycles. The number of carbonyl (C=O) groups is 2. The summed E-state index contributed by atoms with van der Waals surface area (Å²) >= 11 is 0. The molecular formula is C27H26F2N2O3. The molecule has 0 aliphatic carbocycles. The van der Waals surface area contributed by atoms with E-state index in [2.05, 4.69) is 4.90 Å². The maximum Gasteiger partial charge on any atom is 0.310 e. The summed E-state index contributed by atoms with van der Waals surface area (Å²) < 4.78 is 29.3. The fourth-order valence-electron chi connectivity index (χ4n) is 4.48. The highest BCUT2D eigenvalue weighted by Crippen LogP contribution is 2.39. The lowest BCUT2D eigenvalue weighted by atomic mass is 9.75. The minimum atomic E-state index is -1.31. The molecule has 0 aromatic heterocycles. The van der Waals surface area contributed by atoms with Gasteiger partial charge in [-0.1, -0.05) is 54.6 Å². The first-order chi connectivity index (χ1) is 16.4. The van der Waals surface area contributed by atoms with E-state index in [1.54, 1.807) is 12.1 Å². The van der Waals surface area contributed by atoms with Gasteiger partial charge in [-0.15, -0.1) is 0 Å². The summed E-state index contributed by atoms with van der Waals surface area (Å²) in [6.07, 6.45) is 0.177. The fraction of sp³-hybridized carbons (Fsp3) is 0.259. The van der Waals surface area contributed by atoms with Gasteiger partial charge in [-0.25, -0.2) is 8.78 Å². The number of rotatable bonds is 7. The van der Waals surface area contributed by atoms with E-state index in [4.69, 9.17) is 0 Å². The number of amides is 1. The predicted molar refractivity (Wildman–Crippen MR) is 126 cm³/mol. The van der Waals surface area contributed by atoms with E-state index in [0.717, 1.165) is 10.5 Å². The van der Waals surface area contributed by atoms with Crippen molar-refractivity contribution in [2.75, 3.05) is 18.0 Å². The molecule has 0 bridgehead atoms. The first-order valence-corrected chi connectivity index (χ1v) is 11.2. The second-order valence-electron chi connectivity index (χ2n) is 8.66. The highest BCUT2D eigenvalue weighted by Gasteiger charge is 2.44. The largest absolute Gasteiger partial charge is 0.481 e. The van der Waals surface area contributed by atoms with Crippen LogP contribution in [-0.2, 0) is 16.1 Å². The van der Waals surface area contributed by atoms with Crippen LogP contribution in [0, 0.1) is 17.0 Å². The van der Waals surface area contributed by atoms with Gasteiger partial charge in [0, 0.05) is 13.0 Å². The number of anilines is 2. The van der Waals surface area contributed by atoms with Crippen molar-refractivity contribution in [1.82, 2.24) is 4.90 Å². The zero-order valence-electron chi connectivity index (χ0n) is 18.7. The van der Waals surface area contributed by atoms with Crippen molar-refractivity contribution in [3.8, 4) is 0 Å². The van der Waals surface area contributed by atoms with E-state index >= 15 is 0 Å². The van der Waals surface area contributed by atoms with Crippen molar-refractivity contribution < 1.29 is 23.5 Å². The van der Waals surface area contributed by atoms with Crippen LogP contribution in [0.1, 0.15) is 24.8 Å². The number of benzene rings is 3. The second-order valence-corrected chi connectivity index (χ2v) is 8.66. The number of halogens is 2. The number of carbonyl (C=O) groups excluding carboxylic acids is 1. The van der Waals surface area contributed by atoms with Crippen LogP contribution >= 0.6 is 0 Å². The number of hydrogen-bond acceptors (Lipinski definition) is 3. The molecule has 5 nitrogen and oxygen atoms in total. The second kappa shape index (κ2) is 10.1. The molecule has 4 rings (SSSR count). The maximum absolute atomic E-state index is 14.7. The number of hydrogen-bond donors (Lipinski definition) is 1. The number of aliphatic carboxylic acids is 1. The van der Waals surface area contributed by atoms with Gasteiger partial charge in [-0.2, -0.15) is 0 Å². The number of piperidine rings is 1. The average molecular weight is 465 g/mol. The van der Waals surface area contributed by atoms with Crippen molar-refractivity contribution in [1.29, 1.82) is 0 Å². The highest BCUT2D eigenvalue weighted by atomic mass is 19.1. The minimum Gasteiger partial charge on any atom is -0.481 e. The lowest BCUT2D eigenvalue weighted by Gasteiger charge is -2.39. The van der Waals surface area contributed by atoms with E-state index < -0.39 is 28.9 Å². The Bertz CT molecular complexity index is 1120. The van der Waals surface area contributed by atoms with Crippen molar-refractivity contribution in [2.45, 2.75) is 25.8 Å². The monoisotopic (exact) mass is 464 g/mol.